The van der Waals surface area contributed by atoms with E-state index in [4.69, 9.17) is 23.7 Å². The number of carbonyl (C=O) groups excluding carboxylic acids is 1. The number of alkyl halides is 2. The number of hydrogen-bond acceptors (Lipinski definition) is 11. The summed E-state index contributed by atoms with van der Waals surface area (Å²) in [4.78, 5) is 24.7. The second kappa shape index (κ2) is 16.7. The molecule has 2 heterocycles. The van der Waals surface area contributed by atoms with E-state index < -0.39 is 98.0 Å². The number of carbonyl (C=O) groups is 2. The fraction of sp³-hybridized carbons (Fsp3) is 0.935. The second-order valence-corrected chi connectivity index (χ2v) is 13.2. The first-order valence-corrected chi connectivity index (χ1v) is 16.6. The fourth-order valence-corrected chi connectivity index (χ4v) is 7.33. The van der Waals surface area contributed by atoms with Crippen molar-refractivity contribution >= 4 is 11.9 Å². The third-order valence-corrected chi connectivity index (χ3v) is 9.93. The largest absolute Gasteiger partial charge is 0.479 e. The normalized spacial score (nSPS) is 41.7. The Labute approximate surface area is 267 Å². The molecular weight excluding hydrogens is 616 g/mol. The Bertz CT molecular complexity index is 989. The van der Waals surface area contributed by atoms with Gasteiger partial charge in [-0.15, -0.1) is 0 Å². The van der Waals surface area contributed by atoms with Crippen LogP contribution < -0.4 is 5.32 Å². The molecule has 0 radical (unpaired) electrons. The first-order valence-electron chi connectivity index (χ1n) is 16.6. The van der Waals surface area contributed by atoms with Crippen LogP contribution >= 0.6 is 0 Å². The summed E-state index contributed by atoms with van der Waals surface area (Å²) in [5.74, 6) is -2.02. The monoisotopic (exact) mass is 667 g/mol. The molecule has 266 valence electrons. The second-order valence-electron chi connectivity index (χ2n) is 13.2. The van der Waals surface area contributed by atoms with E-state index in [1.54, 1.807) is 0 Å². The van der Waals surface area contributed by atoms with Crippen molar-refractivity contribution < 1.29 is 67.6 Å². The molecule has 4 rings (SSSR count). The molecule has 2 aliphatic carbocycles. The Morgan fingerprint density at radius 1 is 0.870 bits per heavy atom. The van der Waals surface area contributed by atoms with Crippen LogP contribution in [0.2, 0.25) is 0 Å². The van der Waals surface area contributed by atoms with E-state index in [1.165, 1.54) is 13.8 Å². The Hall–Kier alpha value is -1.56. The van der Waals surface area contributed by atoms with E-state index in [2.05, 4.69) is 5.32 Å². The maximum absolute atomic E-state index is 14.3. The lowest BCUT2D eigenvalue weighted by atomic mass is 9.82. The lowest BCUT2D eigenvalue weighted by molar-refractivity contribution is -0.341. The zero-order valence-corrected chi connectivity index (χ0v) is 26.7. The summed E-state index contributed by atoms with van der Waals surface area (Å²) in [6.45, 7) is 4.62. The first-order chi connectivity index (χ1) is 21.8. The molecule has 6 N–H and O–H groups in total. The number of nitrogens with one attached hydrogen (secondary N) is 1. The number of carboxylic acid groups (broad SMARTS) is 1. The third kappa shape index (κ3) is 8.91. The number of ether oxygens (including phenoxy) is 5. The predicted octanol–water partition coefficient (Wildman–Crippen LogP) is 1.46. The van der Waals surface area contributed by atoms with Crippen LogP contribution in [0.15, 0.2) is 0 Å². The summed E-state index contributed by atoms with van der Waals surface area (Å²) < 4.78 is 58.3. The number of rotatable bonds is 12. The molecule has 0 aromatic heterocycles. The van der Waals surface area contributed by atoms with Gasteiger partial charge >= 0.3 is 5.97 Å². The summed E-state index contributed by atoms with van der Waals surface area (Å²) in [6, 6.07) is -1.37. The molecule has 0 aromatic rings. The average Bonchev–Trinajstić information content (AvgIpc) is 3.01. The number of carboxylic acids is 1. The minimum atomic E-state index is -3.20. The zero-order chi connectivity index (χ0) is 33.7. The van der Waals surface area contributed by atoms with Crippen LogP contribution in [0.3, 0.4) is 0 Å². The summed E-state index contributed by atoms with van der Waals surface area (Å²) in [6.07, 6.45) is -13.2. The molecule has 2 saturated carbocycles. The minimum absolute atomic E-state index is 0.0508. The SMILES string of the molecule is CCC1CCC[C@@H](O[C@@H]2O[C@@H](C(F)F)[C@@H](O)C(O[C@@H](CC3CCCCC3)C(=O)O)C2NC(C)=O)[C@@H]1OC1O[C@@H](C)C(O)[C@H](O)[C@@H]1O. The quantitative estimate of drug-likeness (QED) is 0.176. The molecule has 0 bridgehead atoms. The maximum Gasteiger partial charge on any atom is 0.332 e. The van der Waals surface area contributed by atoms with Gasteiger partial charge in [-0.05, 0) is 38.0 Å². The molecule has 2 aliphatic heterocycles. The van der Waals surface area contributed by atoms with E-state index in [9.17, 15) is 43.9 Å². The van der Waals surface area contributed by atoms with Crippen molar-refractivity contribution in [2.24, 2.45) is 11.8 Å². The lowest BCUT2D eigenvalue weighted by Gasteiger charge is -2.48. The van der Waals surface area contributed by atoms with Crippen LogP contribution in [0.5, 0.6) is 0 Å². The number of aliphatic hydroxyl groups excluding tert-OH is 4. The van der Waals surface area contributed by atoms with Gasteiger partial charge in [-0.3, -0.25) is 4.79 Å². The van der Waals surface area contributed by atoms with Gasteiger partial charge in [0, 0.05) is 6.92 Å². The first kappa shape index (κ1) is 37.3. The number of halogens is 2. The van der Waals surface area contributed by atoms with Gasteiger partial charge in [-0.2, -0.15) is 0 Å². The highest BCUT2D eigenvalue weighted by Crippen LogP contribution is 2.38. The van der Waals surface area contributed by atoms with Gasteiger partial charge in [0.1, 0.15) is 42.7 Å². The topological polar surface area (TPSA) is 193 Å². The standard InChI is InChI=1S/C31H51F2NO12/c1-4-17-11-8-12-18(25(17)45-31-23(38)22(37)21(36)14(2)42-31)44-30-20(34-15(3)35)26(24(39)27(46-30)28(32)33)43-19(29(40)41)13-16-9-6-5-7-10-16/h14,16-28,30-31,36-39H,4-13H2,1-3H3,(H,34,35)(H,40,41)/t14-,17?,18+,19-,20?,21?,22-,23-,24-,25+,26?,27+,30+,31?/m0/s1. The number of aliphatic hydroxyl groups is 4. The van der Waals surface area contributed by atoms with Gasteiger partial charge in [-0.25, -0.2) is 13.6 Å². The molecule has 0 aromatic carbocycles. The van der Waals surface area contributed by atoms with Crippen molar-refractivity contribution in [3.05, 3.63) is 0 Å². The van der Waals surface area contributed by atoms with Gasteiger partial charge in [0.25, 0.3) is 6.43 Å². The highest BCUT2D eigenvalue weighted by Gasteiger charge is 2.53. The maximum atomic E-state index is 14.3. The Kier molecular flexibility index (Phi) is 13.5. The van der Waals surface area contributed by atoms with E-state index in [0.717, 1.165) is 32.1 Å². The molecule has 46 heavy (non-hydrogen) atoms. The van der Waals surface area contributed by atoms with E-state index in [1.807, 2.05) is 6.92 Å². The molecular formula is C31H51F2NO12. The molecule has 15 heteroatoms. The van der Waals surface area contributed by atoms with Gasteiger partial charge in [-0.1, -0.05) is 51.9 Å². The van der Waals surface area contributed by atoms with Crippen LogP contribution in [0.1, 0.15) is 85.0 Å². The highest BCUT2D eigenvalue weighted by atomic mass is 19.3. The van der Waals surface area contributed by atoms with Crippen LogP contribution in [0.25, 0.3) is 0 Å². The Morgan fingerprint density at radius 3 is 2.17 bits per heavy atom. The molecule has 0 spiro atoms. The van der Waals surface area contributed by atoms with Crippen LogP contribution in [-0.2, 0) is 33.3 Å². The van der Waals surface area contributed by atoms with Crippen molar-refractivity contribution in [2.75, 3.05) is 0 Å². The average molecular weight is 668 g/mol. The van der Waals surface area contributed by atoms with Crippen LogP contribution in [0, 0.1) is 11.8 Å². The molecule has 5 unspecified atom stereocenters. The zero-order valence-electron chi connectivity index (χ0n) is 26.7. The number of amides is 1. The lowest BCUT2D eigenvalue weighted by Crippen LogP contribution is -2.67. The molecule has 4 aliphatic rings. The summed E-state index contributed by atoms with van der Waals surface area (Å²) in [5.41, 5.74) is 0. The van der Waals surface area contributed by atoms with Crippen LogP contribution in [0.4, 0.5) is 8.78 Å². The van der Waals surface area contributed by atoms with Gasteiger partial charge < -0.3 is 54.5 Å². The third-order valence-electron chi connectivity index (χ3n) is 9.93. The smallest absolute Gasteiger partial charge is 0.332 e. The Morgan fingerprint density at radius 2 is 1.57 bits per heavy atom. The molecule has 2 saturated heterocycles. The van der Waals surface area contributed by atoms with E-state index in [0.29, 0.717) is 25.7 Å². The molecule has 1 amide bonds. The van der Waals surface area contributed by atoms with Crippen molar-refractivity contribution in [2.45, 2.75) is 171 Å². The van der Waals surface area contributed by atoms with E-state index in [-0.39, 0.29) is 18.3 Å². The molecule has 14 atom stereocenters. The minimum Gasteiger partial charge on any atom is -0.479 e. The van der Waals surface area contributed by atoms with Gasteiger partial charge in [0.05, 0.1) is 18.3 Å². The highest BCUT2D eigenvalue weighted by molar-refractivity contribution is 5.73. The number of hydrogen-bond donors (Lipinski definition) is 6. The van der Waals surface area contributed by atoms with Gasteiger partial charge in [0.2, 0.25) is 5.91 Å². The van der Waals surface area contributed by atoms with Crippen molar-refractivity contribution in [1.82, 2.24) is 5.32 Å². The summed E-state index contributed by atoms with van der Waals surface area (Å²) >= 11 is 0. The predicted molar refractivity (Wildman–Crippen MR) is 155 cm³/mol. The van der Waals surface area contributed by atoms with Crippen molar-refractivity contribution in [1.29, 1.82) is 0 Å². The fourth-order valence-electron chi connectivity index (χ4n) is 7.33. The van der Waals surface area contributed by atoms with Crippen LogP contribution in [-0.4, -0.2) is 123 Å². The van der Waals surface area contributed by atoms with E-state index >= 15 is 0 Å². The molecule has 13 nitrogen and oxygen atoms in total. The number of aliphatic carboxylic acids is 1. The van der Waals surface area contributed by atoms with Crippen molar-refractivity contribution in [3.63, 3.8) is 0 Å². The van der Waals surface area contributed by atoms with Gasteiger partial charge in [0.15, 0.2) is 18.7 Å². The van der Waals surface area contributed by atoms with Crippen molar-refractivity contribution in [3.8, 4) is 0 Å². The summed E-state index contributed by atoms with van der Waals surface area (Å²) in [7, 11) is 0. The summed E-state index contributed by atoms with van der Waals surface area (Å²) in [5, 5.41) is 54.7. The Balaban J connectivity index is 1.60. The molecule has 4 fully saturated rings.